The van der Waals surface area contributed by atoms with Crippen molar-refractivity contribution in [1.82, 2.24) is 30.1 Å². The molecule has 0 aliphatic rings. The van der Waals surface area contributed by atoms with Crippen LogP contribution in [0.4, 0.5) is 26.5 Å². The van der Waals surface area contributed by atoms with Gasteiger partial charge in [0.2, 0.25) is 11.9 Å². The molecule has 0 saturated carbocycles. The van der Waals surface area contributed by atoms with Gasteiger partial charge in [0.25, 0.3) is 0 Å². The number of halogens is 2. The fourth-order valence-corrected chi connectivity index (χ4v) is 2.70. The number of benzene rings is 1. The van der Waals surface area contributed by atoms with Crippen LogP contribution in [0.15, 0.2) is 55.0 Å². The van der Waals surface area contributed by atoms with E-state index in [-0.39, 0.29) is 11.9 Å². The Balaban J connectivity index is 1.47. The molecule has 1 atom stereocenters. The first-order chi connectivity index (χ1) is 14.1. The van der Waals surface area contributed by atoms with Gasteiger partial charge in [0.05, 0.1) is 17.4 Å². The van der Waals surface area contributed by atoms with Crippen LogP contribution in [-0.2, 0) is 0 Å². The first-order valence-electron chi connectivity index (χ1n) is 8.73. The minimum atomic E-state index is -0.643. The summed E-state index contributed by atoms with van der Waals surface area (Å²) < 4.78 is 27.0. The second-order valence-electron chi connectivity index (χ2n) is 6.17. The largest absolute Gasteiger partial charge is 0.347 e. The van der Waals surface area contributed by atoms with Crippen LogP contribution in [0.2, 0.25) is 0 Å². The molecule has 4 rings (SSSR count). The molecule has 0 saturated heterocycles. The monoisotopic (exact) mass is 394 g/mol. The molecular weight excluding hydrogens is 378 g/mol. The molecule has 10 heteroatoms. The molecule has 8 nitrogen and oxygen atoms in total. The zero-order valence-corrected chi connectivity index (χ0v) is 15.3. The van der Waals surface area contributed by atoms with E-state index < -0.39 is 17.7 Å². The summed E-state index contributed by atoms with van der Waals surface area (Å²) in [5, 5.41) is 13.0. The van der Waals surface area contributed by atoms with E-state index in [1.54, 1.807) is 19.2 Å². The van der Waals surface area contributed by atoms with Crippen molar-refractivity contribution in [3.63, 3.8) is 0 Å². The van der Waals surface area contributed by atoms with Crippen LogP contribution in [0.3, 0.4) is 0 Å². The summed E-state index contributed by atoms with van der Waals surface area (Å²) in [6.45, 7) is 1.72. The van der Waals surface area contributed by atoms with Crippen LogP contribution < -0.4 is 10.6 Å². The van der Waals surface area contributed by atoms with E-state index in [1.165, 1.54) is 18.5 Å². The molecule has 0 aliphatic carbocycles. The summed E-state index contributed by atoms with van der Waals surface area (Å²) in [6, 6.07) is 10.3. The normalized spacial score (nSPS) is 11.8. The number of aromatic nitrogens is 6. The summed E-state index contributed by atoms with van der Waals surface area (Å²) in [7, 11) is 0. The van der Waals surface area contributed by atoms with E-state index in [1.807, 2.05) is 18.2 Å². The quantitative estimate of drug-likeness (QED) is 0.456. The van der Waals surface area contributed by atoms with Crippen molar-refractivity contribution in [1.29, 1.82) is 0 Å². The zero-order chi connectivity index (χ0) is 20.2. The first kappa shape index (κ1) is 18.4. The van der Waals surface area contributed by atoms with Crippen molar-refractivity contribution >= 4 is 17.7 Å². The third-order valence-electron chi connectivity index (χ3n) is 4.11. The number of nitrogens with one attached hydrogen (secondary N) is 3. The summed E-state index contributed by atoms with van der Waals surface area (Å²) in [5.74, 6) is -0.280. The fourth-order valence-electron chi connectivity index (χ4n) is 2.70. The van der Waals surface area contributed by atoms with Gasteiger partial charge in [0, 0.05) is 23.9 Å². The Hall–Kier alpha value is -3.95. The number of hydrogen-bond donors (Lipinski definition) is 3. The van der Waals surface area contributed by atoms with Gasteiger partial charge in [-0.25, -0.2) is 18.7 Å². The lowest BCUT2D eigenvalue weighted by Crippen LogP contribution is -2.12. The van der Waals surface area contributed by atoms with Crippen LogP contribution in [0.25, 0.3) is 11.4 Å². The van der Waals surface area contributed by atoms with Gasteiger partial charge in [-0.3, -0.25) is 10.1 Å². The number of aromatic amines is 1. The maximum atomic E-state index is 14.0. The molecule has 0 aliphatic heterocycles. The molecule has 146 valence electrons. The van der Waals surface area contributed by atoms with Gasteiger partial charge in [0.1, 0.15) is 18.0 Å². The van der Waals surface area contributed by atoms with Gasteiger partial charge in [-0.1, -0.05) is 12.1 Å². The Labute approximate surface area is 164 Å². The van der Waals surface area contributed by atoms with Gasteiger partial charge in [-0.15, -0.1) is 0 Å². The molecule has 4 aromatic rings. The predicted molar refractivity (Wildman–Crippen MR) is 103 cm³/mol. The second kappa shape index (κ2) is 7.97. The van der Waals surface area contributed by atoms with Gasteiger partial charge in [-0.2, -0.15) is 10.1 Å². The van der Waals surface area contributed by atoms with Crippen LogP contribution in [0, 0.1) is 11.6 Å². The van der Waals surface area contributed by atoms with E-state index in [9.17, 15) is 8.78 Å². The maximum absolute atomic E-state index is 14.0. The van der Waals surface area contributed by atoms with Crippen LogP contribution >= 0.6 is 0 Å². The van der Waals surface area contributed by atoms with E-state index in [0.29, 0.717) is 11.4 Å². The molecular formula is C19H16F2N8. The smallest absolute Gasteiger partial charge is 0.233 e. The van der Waals surface area contributed by atoms with Crippen molar-refractivity contribution in [3.05, 3.63) is 72.2 Å². The van der Waals surface area contributed by atoms with E-state index in [0.717, 1.165) is 17.5 Å². The summed E-state index contributed by atoms with van der Waals surface area (Å²) >= 11 is 0. The number of H-pyrrole nitrogens is 1. The lowest BCUT2D eigenvalue weighted by Gasteiger charge is -2.15. The molecule has 0 radical (unpaired) electrons. The van der Waals surface area contributed by atoms with Gasteiger partial charge >= 0.3 is 0 Å². The lowest BCUT2D eigenvalue weighted by atomic mass is 10.1. The van der Waals surface area contributed by atoms with Crippen LogP contribution in [0.5, 0.6) is 0 Å². The molecule has 3 aromatic heterocycles. The van der Waals surface area contributed by atoms with Gasteiger partial charge < -0.3 is 10.6 Å². The third-order valence-corrected chi connectivity index (χ3v) is 4.11. The highest BCUT2D eigenvalue weighted by molar-refractivity contribution is 5.61. The van der Waals surface area contributed by atoms with Crippen molar-refractivity contribution in [2.24, 2.45) is 0 Å². The third kappa shape index (κ3) is 4.32. The summed E-state index contributed by atoms with van der Waals surface area (Å²) in [4.78, 5) is 16.6. The standard InChI is InChI=1S/C19H16F2N8/c1-11(13-6-5-12(20)8-14(13)21)25-18-23-10-24-19(27-18)26-17-9-16(28-29-17)15-4-2-3-7-22-15/h2-11H,1H3,(H3,23,24,25,26,27,28,29). The maximum Gasteiger partial charge on any atom is 0.233 e. The van der Waals surface area contributed by atoms with E-state index in [4.69, 9.17) is 0 Å². The average Bonchev–Trinajstić information content (AvgIpc) is 3.17. The highest BCUT2D eigenvalue weighted by atomic mass is 19.1. The molecule has 3 heterocycles. The van der Waals surface area contributed by atoms with Gasteiger partial charge in [0.15, 0.2) is 5.82 Å². The number of rotatable bonds is 6. The Morgan fingerprint density at radius 3 is 2.66 bits per heavy atom. The minimum absolute atomic E-state index is 0.235. The Kier molecular flexibility index (Phi) is 5.06. The Bertz CT molecular complexity index is 1120. The topological polar surface area (TPSA) is 104 Å². The van der Waals surface area contributed by atoms with Crippen molar-refractivity contribution in [2.75, 3.05) is 10.6 Å². The van der Waals surface area contributed by atoms with Crippen molar-refractivity contribution < 1.29 is 8.78 Å². The van der Waals surface area contributed by atoms with Crippen molar-refractivity contribution in [3.8, 4) is 11.4 Å². The molecule has 0 amide bonds. The predicted octanol–water partition coefficient (Wildman–Crippen LogP) is 3.85. The summed E-state index contributed by atoms with van der Waals surface area (Å²) in [5.41, 5.74) is 1.79. The molecule has 3 N–H and O–H groups in total. The number of anilines is 3. The molecule has 1 aromatic carbocycles. The number of pyridine rings is 1. The Morgan fingerprint density at radius 2 is 1.86 bits per heavy atom. The SMILES string of the molecule is CC(Nc1ncnc(Nc2cc(-c3ccccn3)[nH]n2)n1)c1ccc(F)cc1F. The first-order valence-corrected chi connectivity index (χ1v) is 8.73. The number of nitrogens with zero attached hydrogens (tertiary/aromatic N) is 5. The molecule has 0 spiro atoms. The highest BCUT2D eigenvalue weighted by Crippen LogP contribution is 2.22. The molecule has 0 fully saturated rings. The molecule has 0 bridgehead atoms. The number of hydrogen-bond acceptors (Lipinski definition) is 7. The molecule has 1 unspecified atom stereocenters. The van der Waals surface area contributed by atoms with E-state index in [2.05, 4.69) is 40.8 Å². The lowest BCUT2D eigenvalue weighted by molar-refractivity contribution is 0.566. The minimum Gasteiger partial charge on any atom is -0.347 e. The van der Waals surface area contributed by atoms with Gasteiger partial charge in [-0.05, 0) is 25.1 Å². The average molecular weight is 394 g/mol. The van der Waals surface area contributed by atoms with Crippen LogP contribution in [0.1, 0.15) is 18.5 Å². The molecule has 29 heavy (non-hydrogen) atoms. The fraction of sp³-hybridized carbons (Fsp3) is 0.105. The highest BCUT2D eigenvalue weighted by Gasteiger charge is 2.14. The van der Waals surface area contributed by atoms with Crippen molar-refractivity contribution in [2.45, 2.75) is 13.0 Å². The Morgan fingerprint density at radius 1 is 1.00 bits per heavy atom. The van der Waals surface area contributed by atoms with E-state index >= 15 is 0 Å². The zero-order valence-electron chi connectivity index (χ0n) is 15.3. The summed E-state index contributed by atoms with van der Waals surface area (Å²) in [6.07, 6.45) is 3.01. The second-order valence-corrected chi connectivity index (χ2v) is 6.17. The van der Waals surface area contributed by atoms with Crippen LogP contribution in [-0.4, -0.2) is 30.1 Å².